The lowest BCUT2D eigenvalue weighted by Crippen LogP contribution is -2.28. The van der Waals surface area contributed by atoms with Crippen molar-refractivity contribution in [3.63, 3.8) is 0 Å². The molecule has 0 aromatic heterocycles. The van der Waals surface area contributed by atoms with Crippen molar-refractivity contribution in [2.75, 3.05) is 20.8 Å². The largest absolute Gasteiger partial charge is 0.494 e. The lowest BCUT2D eigenvalue weighted by Gasteiger charge is -2.19. The Bertz CT molecular complexity index is 688. The van der Waals surface area contributed by atoms with Crippen molar-refractivity contribution >= 4 is 5.91 Å². The minimum absolute atomic E-state index is 0.0169. The van der Waals surface area contributed by atoms with Gasteiger partial charge in [0.25, 0.3) is 0 Å². The summed E-state index contributed by atoms with van der Waals surface area (Å²) >= 11 is 0. The Balaban J connectivity index is 1.84. The maximum Gasteiger partial charge on any atom is 0.220 e. The number of amides is 1. The standard InChI is InChI=1S/C21H27NO4/c1-4-18(16-12-13-19(24-2)20(15-16)25-3)22-21(23)11-8-14-26-17-9-6-5-7-10-17/h5-7,9-10,12-13,15,18H,4,8,11,14H2,1-3H3,(H,22,23)/t18-/m0/s1. The van der Waals surface area contributed by atoms with E-state index in [1.807, 2.05) is 55.5 Å². The van der Waals surface area contributed by atoms with Crippen molar-refractivity contribution in [3.8, 4) is 17.2 Å². The maximum absolute atomic E-state index is 12.3. The molecular formula is C21H27NO4. The SMILES string of the molecule is CC[C@H](NC(=O)CCCOc1ccccc1)c1ccc(OC)c(OC)c1. The molecule has 1 atom stereocenters. The third kappa shape index (κ3) is 5.69. The van der Waals surface area contributed by atoms with E-state index in [1.54, 1.807) is 14.2 Å². The molecule has 2 aromatic carbocycles. The molecule has 0 saturated carbocycles. The second-order valence-corrected chi connectivity index (χ2v) is 5.91. The van der Waals surface area contributed by atoms with Crippen LogP contribution in [0.5, 0.6) is 17.2 Å². The summed E-state index contributed by atoms with van der Waals surface area (Å²) in [7, 11) is 3.21. The molecular weight excluding hydrogens is 330 g/mol. The molecule has 0 unspecified atom stereocenters. The van der Waals surface area contributed by atoms with E-state index < -0.39 is 0 Å². The van der Waals surface area contributed by atoms with Crippen LogP contribution in [0.2, 0.25) is 0 Å². The Labute approximate surface area is 155 Å². The Kier molecular flexibility index (Phi) is 7.80. The van der Waals surface area contributed by atoms with Crippen LogP contribution in [0.4, 0.5) is 0 Å². The molecule has 0 aliphatic heterocycles. The normalized spacial score (nSPS) is 11.5. The van der Waals surface area contributed by atoms with Gasteiger partial charge in [0.2, 0.25) is 5.91 Å². The highest BCUT2D eigenvalue weighted by Gasteiger charge is 2.15. The average Bonchev–Trinajstić information content (AvgIpc) is 2.69. The third-order valence-electron chi connectivity index (χ3n) is 4.11. The van der Waals surface area contributed by atoms with E-state index in [1.165, 1.54) is 0 Å². The van der Waals surface area contributed by atoms with Gasteiger partial charge < -0.3 is 19.5 Å². The van der Waals surface area contributed by atoms with Gasteiger partial charge in [-0.05, 0) is 42.7 Å². The summed E-state index contributed by atoms with van der Waals surface area (Å²) in [5.74, 6) is 2.18. The molecule has 2 aromatic rings. The third-order valence-corrected chi connectivity index (χ3v) is 4.11. The van der Waals surface area contributed by atoms with Crippen molar-refractivity contribution in [3.05, 3.63) is 54.1 Å². The number of nitrogens with one attached hydrogen (secondary N) is 1. The number of carbonyl (C=O) groups is 1. The first-order valence-electron chi connectivity index (χ1n) is 8.87. The van der Waals surface area contributed by atoms with Crippen molar-refractivity contribution in [1.29, 1.82) is 0 Å². The zero-order valence-electron chi connectivity index (χ0n) is 15.7. The molecule has 0 spiro atoms. The van der Waals surface area contributed by atoms with Gasteiger partial charge in [0.05, 0.1) is 26.9 Å². The van der Waals surface area contributed by atoms with Crippen molar-refractivity contribution in [2.45, 2.75) is 32.2 Å². The first-order valence-corrected chi connectivity index (χ1v) is 8.87. The van der Waals surface area contributed by atoms with Crippen LogP contribution in [-0.4, -0.2) is 26.7 Å². The fraction of sp³-hybridized carbons (Fsp3) is 0.381. The number of benzene rings is 2. The molecule has 0 aliphatic carbocycles. The van der Waals surface area contributed by atoms with Gasteiger partial charge in [0.1, 0.15) is 5.75 Å². The summed E-state index contributed by atoms with van der Waals surface area (Å²) < 4.78 is 16.2. The van der Waals surface area contributed by atoms with Crippen LogP contribution in [-0.2, 0) is 4.79 Å². The highest BCUT2D eigenvalue weighted by molar-refractivity contribution is 5.76. The lowest BCUT2D eigenvalue weighted by molar-refractivity contribution is -0.122. The van der Waals surface area contributed by atoms with E-state index >= 15 is 0 Å². The lowest BCUT2D eigenvalue weighted by atomic mass is 10.0. The van der Waals surface area contributed by atoms with E-state index in [-0.39, 0.29) is 11.9 Å². The number of ether oxygens (including phenoxy) is 3. The summed E-state index contributed by atoms with van der Waals surface area (Å²) in [5.41, 5.74) is 0.999. The second kappa shape index (κ2) is 10.3. The zero-order valence-corrected chi connectivity index (χ0v) is 15.7. The summed E-state index contributed by atoms with van der Waals surface area (Å²) in [6.45, 7) is 2.56. The van der Waals surface area contributed by atoms with Crippen molar-refractivity contribution in [2.24, 2.45) is 0 Å². The first kappa shape index (κ1) is 19.6. The summed E-state index contributed by atoms with van der Waals surface area (Å²) in [6, 6.07) is 15.3. The van der Waals surface area contributed by atoms with Gasteiger partial charge in [-0.1, -0.05) is 31.2 Å². The van der Waals surface area contributed by atoms with E-state index in [9.17, 15) is 4.79 Å². The van der Waals surface area contributed by atoms with Gasteiger partial charge in [0.15, 0.2) is 11.5 Å². The molecule has 1 N–H and O–H groups in total. The number of carbonyl (C=O) groups excluding carboxylic acids is 1. The molecule has 0 radical (unpaired) electrons. The second-order valence-electron chi connectivity index (χ2n) is 5.91. The van der Waals surface area contributed by atoms with Crippen LogP contribution in [0.3, 0.4) is 0 Å². The smallest absolute Gasteiger partial charge is 0.220 e. The molecule has 5 heteroatoms. The van der Waals surface area contributed by atoms with Crippen LogP contribution in [0.15, 0.2) is 48.5 Å². The molecule has 0 saturated heterocycles. The van der Waals surface area contributed by atoms with Crippen LogP contribution in [0.1, 0.15) is 37.8 Å². The average molecular weight is 357 g/mol. The van der Waals surface area contributed by atoms with Crippen molar-refractivity contribution < 1.29 is 19.0 Å². The Morgan fingerprint density at radius 1 is 1.04 bits per heavy atom. The summed E-state index contributed by atoms with van der Waals surface area (Å²) in [6.07, 6.45) is 1.89. The molecule has 26 heavy (non-hydrogen) atoms. The maximum atomic E-state index is 12.3. The van der Waals surface area contributed by atoms with Gasteiger partial charge in [-0.15, -0.1) is 0 Å². The monoisotopic (exact) mass is 357 g/mol. The minimum Gasteiger partial charge on any atom is -0.494 e. The van der Waals surface area contributed by atoms with E-state index in [4.69, 9.17) is 14.2 Å². The highest BCUT2D eigenvalue weighted by Crippen LogP contribution is 2.30. The van der Waals surface area contributed by atoms with Gasteiger partial charge in [-0.25, -0.2) is 0 Å². The fourth-order valence-electron chi connectivity index (χ4n) is 2.70. The van der Waals surface area contributed by atoms with Crippen LogP contribution >= 0.6 is 0 Å². The van der Waals surface area contributed by atoms with Crippen LogP contribution in [0.25, 0.3) is 0 Å². The molecule has 0 fully saturated rings. The highest BCUT2D eigenvalue weighted by atomic mass is 16.5. The number of rotatable bonds is 10. The topological polar surface area (TPSA) is 56.8 Å². The molecule has 140 valence electrons. The van der Waals surface area contributed by atoms with Crippen LogP contribution < -0.4 is 19.5 Å². The fourth-order valence-corrected chi connectivity index (χ4v) is 2.70. The van der Waals surface area contributed by atoms with E-state index in [2.05, 4.69) is 5.32 Å². The van der Waals surface area contributed by atoms with Gasteiger partial charge in [0, 0.05) is 6.42 Å². The van der Waals surface area contributed by atoms with E-state index in [0.717, 1.165) is 17.7 Å². The molecule has 0 aliphatic rings. The van der Waals surface area contributed by atoms with Crippen LogP contribution in [0, 0.1) is 0 Å². The first-order chi connectivity index (χ1) is 12.7. The molecule has 5 nitrogen and oxygen atoms in total. The zero-order chi connectivity index (χ0) is 18.8. The quantitative estimate of drug-likeness (QED) is 0.650. The summed E-state index contributed by atoms with van der Waals surface area (Å²) in [5, 5.41) is 3.08. The van der Waals surface area contributed by atoms with Crippen molar-refractivity contribution in [1.82, 2.24) is 5.32 Å². The Hall–Kier alpha value is -2.69. The van der Waals surface area contributed by atoms with Gasteiger partial charge >= 0.3 is 0 Å². The predicted octanol–water partition coefficient (Wildman–Crippen LogP) is 4.13. The summed E-state index contributed by atoms with van der Waals surface area (Å²) in [4.78, 5) is 12.3. The number of methoxy groups -OCH3 is 2. The molecule has 0 heterocycles. The van der Waals surface area contributed by atoms with Gasteiger partial charge in [-0.3, -0.25) is 4.79 Å². The number of hydrogen-bond acceptors (Lipinski definition) is 4. The number of hydrogen-bond donors (Lipinski definition) is 1. The minimum atomic E-state index is -0.0580. The molecule has 1 amide bonds. The van der Waals surface area contributed by atoms with Gasteiger partial charge in [-0.2, -0.15) is 0 Å². The molecule has 2 rings (SSSR count). The molecule has 0 bridgehead atoms. The predicted molar refractivity (Wildman–Crippen MR) is 102 cm³/mol. The Morgan fingerprint density at radius 3 is 2.42 bits per heavy atom. The number of para-hydroxylation sites is 1. The Morgan fingerprint density at radius 2 is 1.77 bits per heavy atom. The van der Waals surface area contributed by atoms with E-state index in [0.29, 0.717) is 30.9 Å².